The number of nitrogens with zero attached hydrogens (tertiary/aromatic N) is 4. The standard InChI is InChI=1S/C19H32N4O/c1-4-5-6-15-12-18(15)19(24)22-9-7-17(8-10-22)23-13-16(20-21-23)11-14(2)3/h13-15,17-18H,4-12H2,1-3H3/t15-,18+/m0/s1. The highest BCUT2D eigenvalue weighted by atomic mass is 16.2. The van der Waals surface area contributed by atoms with Crippen LogP contribution in [0.4, 0.5) is 0 Å². The topological polar surface area (TPSA) is 51.0 Å². The molecule has 1 aliphatic heterocycles. The van der Waals surface area contributed by atoms with Crippen molar-refractivity contribution in [2.45, 2.75) is 71.8 Å². The SMILES string of the molecule is CCCC[C@H]1C[C@H]1C(=O)N1CCC(n2cc(CC(C)C)nn2)CC1. The van der Waals surface area contributed by atoms with Crippen molar-refractivity contribution in [1.82, 2.24) is 19.9 Å². The average molecular weight is 332 g/mol. The number of carbonyl (C=O) groups excluding carboxylic acids is 1. The molecule has 0 radical (unpaired) electrons. The predicted octanol–water partition coefficient (Wildman–Crippen LogP) is 3.47. The minimum atomic E-state index is 0.331. The number of unbranched alkanes of at least 4 members (excludes halogenated alkanes) is 1. The van der Waals surface area contributed by atoms with E-state index in [1.54, 1.807) is 0 Å². The van der Waals surface area contributed by atoms with Gasteiger partial charge in [0, 0.05) is 25.2 Å². The Kier molecular flexibility index (Phi) is 5.57. The van der Waals surface area contributed by atoms with Crippen molar-refractivity contribution in [1.29, 1.82) is 0 Å². The normalized spacial score (nSPS) is 24.6. The molecule has 3 rings (SSSR count). The summed E-state index contributed by atoms with van der Waals surface area (Å²) in [6, 6.07) is 0.401. The van der Waals surface area contributed by atoms with Crippen LogP contribution in [0.1, 0.15) is 71.0 Å². The van der Waals surface area contributed by atoms with E-state index >= 15 is 0 Å². The third kappa shape index (κ3) is 4.17. The van der Waals surface area contributed by atoms with Gasteiger partial charge in [0.1, 0.15) is 0 Å². The van der Waals surface area contributed by atoms with Crippen LogP contribution < -0.4 is 0 Å². The molecule has 0 aromatic carbocycles. The first-order valence-corrected chi connectivity index (χ1v) is 9.78. The van der Waals surface area contributed by atoms with E-state index in [1.807, 2.05) is 4.68 Å². The summed E-state index contributed by atoms with van der Waals surface area (Å²) < 4.78 is 2.03. The minimum absolute atomic E-state index is 0.331. The summed E-state index contributed by atoms with van der Waals surface area (Å²) in [7, 11) is 0. The molecule has 0 bridgehead atoms. The third-order valence-electron chi connectivity index (χ3n) is 5.49. The lowest BCUT2D eigenvalue weighted by molar-refractivity contribution is -0.134. The van der Waals surface area contributed by atoms with E-state index in [9.17, 15) is 4.79 Å². The van der Waals surface area contributed by atoms with Crippen LogP contribution in [0.5, 0.6) is 0 Å². The Morgan fingerprint density at radius 1 is 1.33 bits per heavy atom. The highest BCUT2D eigenvalue weighted by molar-refractivity contribution is 5.81. The molecular formula is C19H32N4O. The molecular weight excluding hydrogens is 300 g/mol. The number of hydrogen-bond acceptors (Lipinski definition) is 3. The Hall–Kier alpha value is -1.39. The quantitative estimate of drug-likeness (QED) is 0.768. The highest BCUT2D eigenvalue weighted by Gasteiger charge is 2.44. The Labute approximate surface area is 145 Å². The lowest BCUT2D eigenvalue weighted by Crippen LogP contribution is -2.40. The van der Waals surface area contributed by atoms with Crippen molar-refractivity contribution in [3.63, 3.8) is 0 Å². The maximum atomic E-state index is 12.6. The van der Waals surface area contributed by atoms with Crippen LogP contribution in [0.25, 0.3) is 0 Å². The molecule has 24 heavy (non-hydrogen) atoms. The first-order valence-electron chi connectivity index (χ1n) is 9.78. The number of carbonyl (C=O) groups is 1. The van der Waals surface area contributed by atoms with Gasteiger partial charge < -0.3 is 4.90 Å². The third-order valence-corrected chi connectivity index (χ3v) is 5.49. The Bertz CT molecular complexity index is 545. The van der Waals surface area contributed by atoms with Crippen LogP contribution in [-0.2, 0) is 11.2 Å². The number of likely N-dealkylation sites (tertiary alicyclic amines) is 1. The summed E-state index contributed by atoms with van der Waals surface area (Å²) in [6.45, 7) is 8.38. The molecule has 1 saturated carbocycles. The molecule has 5 nitrogen and oxygen atoms in total. The Balaban J connectivity index is 1.46. The second-order valence-electron chi connectivity index (χ2n) is 8.09. The molecule has 5 heteroatoms. The summed E-state index contributed by atoms with van der Waals surface area (Å²) in [6.07, 6.45) is 9.95. The molecule has 1 aromatic heterocycles. The molecule has 0 spiro atoms. The largest absolute Gasteiger partial charge is 0.342 e. The molecule has 2 aliphatic rings. The lowest BCUT2D eigenvalue weighted by Gasteiger charge is -2.32. The van der Waals surface area contributed by atoms with Gasteiger partial charge in [-0.3, -0.25) is 4.79 Å². The van der Waals surface area contributed by atoms with E-state index in [4.69, 9.17) is 0 Å². The smallest absolute Gasteiger partial charge is 0.225 e. The number of rotatable bonds is 7. The monoisotopic (exact) mass is 332 g/mol. The fraction of sp³-hybridized carbons (Fsp3) is 0.842. The van der Waals surface area contributed by atoms with Crippen molar-refractivity contribution >= 4 is 5.91 Å². The van der Waals surface area contributed by atoms with E-state index < -0.39 is 0 Å². The van der Waals surface area contributed by atoms with Gasteiger partial charge in [-0.15, -0.1) is 5.10 Å². The summed E-state index contributed by atoms with van der Waals surface area (Å²) >= 11 is 0. The predicted molar refractivity (Wildman–Crippen MR) is 94.5 cm³/mol. The van der Waals surface area contributed by atoms with Gasteiger partial charge in [0.25, 0.3) is 0 Å². The van der Waals surface area contributed by atoms with Crippen molar-refractivity contribution in [3.05, 3.63) is 11.9 Å². The second kappa shape index (κ2) is 7.66. The fourth-order valence-corrected chi connectivity index (χ4v) is 3.92. The lowest BCUT2D eigenvalue weighted by atomic mass is 10.0. The molecule has 2 fully saturated rings. The van der Waals surface area contributed by atoms with Gasteiger partial charge in [0.05, 0.1) is 11.7 Å². The van der Waals surface area contributed by atoms with Crippen LogP contribution in [0.15, 0.2) is 6.20 Å². The van der Waals surface area contributed by atoms with E-state index in [-0.39, 0.29) is 0 Å². The highest BCUT2D eigenvalue weighted by Crippen LogP contribution is 2.44. The van der Waals surface area contributed by atoms with Crippen molar-refractivity contribution in [2.75, 3.05) is 13.1 Å². The number of hydrogen-bond donors (Lipinski definition) is 0. The van der Waals surface area contributed by atoms with Gasteiger partial charge in [-0.25, -0.2) is 4.68 Å². The maximum absolute atomic E-state index is 12.6. The molecule has 1 aromatic rings. The van der Waals surface area contributed by atoms with Crippen LogP contribution in [0.2, 0.25) is 0 Å². The fourth-order valence-electron chi connectivity index (χ4n) is 3.92. The number of aromatic nitrogens is 3. The van der Waals surface area contributed by atoms with Crippen molar-refractivity contribution in [2.24, 2.45) is 17.8 Å². The Morgan fingerprint density at radius 3 is 2.75 bits per heavy atom. The van der Waals surface area contributed by atoms with Gasteiger partial charge in [-0.05, 0) is 43.9 Å². The summed E-state index contributed by atoms with van der Waals surface area (Å²) in [4.78, 5) is 14.7. The van der Waals surface area contributed by atoms with Crippen molar-refractivity contribution in [3.8, 4) is 0 Å². The van der Waals surface area contributed by atoms with Gasteiger partial charge in [0.15, 0.2) is 0 Å². The minimum Gasteiger partial charge on any atom is -0.342 e. The van der Waals surface area contributed by atoms with Crippen LogP contribution >= 0.6 is 0 Å². The molecule has 1 amide bonds. The van der Waals surface area contributed by atoms with Gasteiger partial charge in [-0.2, -0.15) is 0 Å². The molecule has 1 saturated heterocycles. The van der Waals surface area contributed by atoms with Gasteiger partial charge in [0.2, 0.25) is 5.91 Å². The first kappa shape index (κ1) is 17.4. The summed E-state index contributed by atoms with van der Waals surface area (Å²) in [5.41, 5.74) is 1.08. The van der Waals surface area contributed by atoms with Crippen LogP contribution in [-0.4, -0.2) is 38.9 Å². The zero-order chi connectivity index (χ0) is 17.1. The van der Waals surface area contributed by atoms with Crippen molar-refractivity contribution < 1.29 is 4.79 Å². The van der Waals surface area contributed by atoms with Crippen LogP contribution in [0, 0.1) is 17.8 Å². The average Bonchev–Trinajstić information content (AvgIpc) is 3.21. The van der Waals surface area contributed by atoms with Gasteiger partial charge in [-0.1, -0.05) is 38.8 Å². The maximum Gasteiger partial charge on any atom is 0.225 e. The summed E-state index contributed by atoms with van der Waals surface area (Å²) in [5.74, 6) is 2.02. The van der Waals surface area contributed by atoms with E-state index in [2.05, 4.69) is 42.2 Å². The zero-order valence-electron chi connectivity index (χ0n) is 15.4. The molecule has 2 heterocycles. The molecule has 0 unspecified atom stereocenters. The number of amides is 1. The molecule has 1 aliphatic carbocycles. The molecule has 134 valence electrons. The van der Waals surface area contributed by atoms with Gasteiger partial charge >= 0.3 is 0 Å². The van der Waals surface area contributed by atoms with E-state index in [1.165, 1.54) is 19.3 Å². The molecule has 2 atom stereocenters. The summed E-state index contributed by atoms with van der Waals surface area (Å²) in [5, 5.41) is 8.61. The second-order valence-corrected chi connectivity index (χ2v) is 8.09. The Morgan fingerprint density at radius 2 is 2.08 bits per heavy atom. The van der Waals surface area contributed by atoms with E-state index in [0.717, 1.165) is 44.5 Å². The zero-order valence-corrected chi connectivity index (χ0v) is 15.4. The van der Waals surface area contributed by atoms with E-state index in [0.29, 0.717) is 29.7 Å². The first-order chi connectivity index (χ1) is 11.6. The molecule has 0 N–H and O–H groups in total. The van der Waals surface area contributed by atoms with Crippen LogP contribution in [0.3, 0.4) is 0 Å². The number of piperidine rings is 1.